The Balaban J connectivity index is 1.27. The van der Waals surface area contributed by atoms with Gasteiger partial charge in [-0.25, -0.2) is 4.98 Å². The van der Waals surface area contributed by atoms with E-state index in [2.05, 4.69) is 41.1 Å². The standard InChI is InChI=1S/C25H28ClN7O3/c1-25(2,3)15-32-13-19(29-30-32)16-4-6-17(7-5-16)23(35)31-10-11-33(18(12-31)14-34)24-28-22-20(36-24)8-9-21(26)27-22/h4-9,13,18,34H,10-12,14-15H2,1-3H3. The summed E-state index contributed by atoms with van der Waals surface area (Å²) in [4.78, 5) is 25.4. The molecule has 0 bridgehead atoms. The van der Waals surface area contributed by atoms with Crippen molar-refractivity contribution in [1.29, 1.82) is 0 Å². The largest absolute Gasteiger partial charge is 0.422 e. The molecule has 0 radical (unpaired) electrons. The average Bonchev–Trinajstić information content (AvgIpc) is 3.48. The van der Waals surface area contributed by atoms with Crippen molar-refractivity contribution in [3.63, 3.8) is 0 Å². The summed E-state index contributed by atoms with van der Waals surface area (Å²) in [5.74, 6) is -0.0953. The molecule has 1 unspecified atom stereocenters. The summed E-state index contributed by atoms with van der Waals surface area (Å²) in [6.07, 6.45) is 1.92. The van der Waals surface area contributed by atoms with Crippen LogP contribution in [-0.2, 0) is 6.54 Å². The van der Waals surface area contributed by atoms with Crippen molar-refractivity contribution >= 4 is 34.8 Å². The molecule has 5 rings (SSSR count). The number of oxazole rings is 1. The van der Waals surface area contributed by atoms with Crippen molar-refractivity contribution in [2.75, 3.05) is 31.1 Å². The third kappa shape index (κ3) is 5.05. The lowest BCUT2D eigenvalue weighted by Gasteiger charge is -2.39. The molecule has 1 aliphatic rings. The van der Waals surface area contributed by atoms with E-state index in [1.807, 2.05) is 27.9 Å². The first-order valence-corrected chi connectivity index (χ1v) is 12.2. The number of halogens is 1. The molecule has 1 aromatic carbocycles. The normalized spacial score (nSPS) is 16.6. The Bertz CT molecular complexity index is 1380. The van der Waals surface area contributed by atoms with Crippen molar-refractivity contribution in [2.24, 2.45) is 5.41 Å². The lowest BCUT2D eigenvalue weighted by atomic mass is 9.97. The number of nitrogens with zero attached hydrogens (tertiary/aromatic N) is 7. The van der Waals surface area contributed by atoms with Crippen molar-refractivity contribution < 1.29 is 14.3 Å². The van der Waals surface area contributed by atoms with Crippen molar-refractivity contribution in [1.82, 2.24) is 29.9 Å². The molecule has 11 heteroatoms. The third-order valence-electron chi connectivity index (χ3n) is 6.04. The van der Waals surface area contributed by atoms with Gasteiger partial charge >= 0.3 is 0 Å². The number of pyridine rings is 1. The Morgan fingerprint density at radius 1 is 1.14 bits per heavy atom. The van der Waals surface area contributed by atoms with Crippen molar-refractivity contribution in [3.8, 4) is 11.3 Å². The van der Waals surface area contributed by atoms with E-state index in [1.54, 1.807) is 29.2 Å². The molecular weight excluding hydrogens is 482 g/mol. The van der Waals surface area contributed by atoms with Gasteiger partial charge in [-0.1, -0.05) is 49.7 Å². The number of carbonyl (C=O) groups excluding carboxylic acids is 1. The maximum atomic E-state index is 13.2. The predicted octanol–water partition coefficient (Wildman–Crippen LogP) is 3.50. The second-order valence-corrected chi connectivity index (χ2v) is 10.6. The summed E-state index contributed by atoms with van der Waals surface area (Å²) in [6.45, 7) is 8.33. The van der Waals surface area contributed by atoms with Gasteiger partial charge in [0.2, 0.25) is 5.65 Å². The van der Waals surface area contributed by atoms with E-state index in [0.717, 1.165) is 17.8 Å². The van der Waals surface area contributed by atoms with Crippen LogP contribution in [0, 0.1) is 5.41 Å². The fourth-order valence-corrected chi connectivity index (χ4v) is 4.46. The van der Waals surface area contributed by atoms with Gasteiger partial charge in [-0.2, -0.15) is 4.98 Å². The Morgan fingerprint density at radius 2 is 1.92 bits per heavy atom. The van der Waals surface area contributed by atoms with Crippen LogP contribution in [0.25, 0.3) is 22.5 Å². The van der Waals surface area contributed by atoms with E-state index in [4.69, 9.17) is 16.0 Å². The molecular formula is C25H28ClN7O3. The number of hydrogen-bond acceptors (Lipinski definition) is 8. The maximum absolute atomic E-state index is 13.2. The molecule has 36 heavy (non-hydrogen) atoms. The van der Waals surface area contributed by atoms with Gasteiger partial charge in [0.15, 0.2) is 5.58 Å². The van der Waals surface area contributed by atoms with E-state index in [0.29, 0.717) is 47.6 Å². The Labute approximate surface area is 213 Å². The summed E-state index contributed by atoms with van der Waals surface area (Å²) >= 11 is 5.95. The summed E-state index contributed by atoms with van der Waals surface area (Å²) in [5.41, 5.74) is 3.26. The number of piperazine rings is 1. The van der Waals surface area contributed by atoms with Crippen LogP contribution in [0.5, 0.6) is 0 Å². The molecule has 188 valence electrons. The zero-order valence-electron chi connectivity index (χ0n) is 20.4. The Kier molecular flexibility index (Phi) is 6.40. The minimum absolute atomic E-state index is 0.0953. The van der Waals surface area contributed by atoms with Gasteiger partial charge in [-0.15, -0.1) is 5.10 Å². The molecule has 4 heterocycles. The summed E-state index contributed by atoms with van der Waals surface area (Å²) in [6, 6.07) is 10.7. The van der Waals surface area contributed by atoms with Crippen LogP contribution < -0.4 is 4.90 Å². The minimum atomic E-state index is -0.358. The highest BCUT2D eigenvalue weighted by Gasteiger charge is 2.32. The molecule has 10 nitrogen and oxygen atoms in total. The highest BCUT2D eigenvalue weighted by Crippen LogP contribution is 2.26. The lowest BCUT2D eigenvalue weighted by Crippen LogP contribution is -2.56. The van der Waals surface area contributed by atoms with E-state index >= 15 is 0 Å². The van der Waals surface area contributed by atoms with Crippen molar-refractivity contribution in [3.05, 3.63) is 53.3 Å². The number of aromatic nitrogens is 5. The molecule has 0 spiro atoms. The quantitative estimate of drug-likeness (QED) is 0.407. The first-order valence-electron chi connectivity index (χ1n) is 11.8. The average molecular weight is 510 g/mol. The van der Waals surface area contributed by atoms with Crippen LogP contribution in [0.2, 0.25) is 5.15 Å². The highest BCUT2D eigenvalue weighted by atomic mass is 35.5. The highest BCUT2D eigenvalue weighted by molar-refractivity contribution is 6.29. The number of aliphatic hydroxyl groups excluding tert-OH is 1. The number of amides is 1. The van der Waals surface area contributed by atoms with Crippen LogP contribution >= 0.6 is 11.6 Å². The van der Waals surface area contributed by atoms with Crippen LogP contribution in [0.15, 0.2) is 47.0 Å². The summed E-state index contributed by atoms with van der Waals surface area (Å²) in [7, 11) is 0. The van der Waals surface area contributed by atoms with Gasteiger partial charge in [-0.05, 0) is 29.7 Å². The zero-order valence-corrected chi connectivity index (χ0v) is 21.2. The van der Waals surface area contributed by atoms with E-state index in [1.165, 1.54) is 0 Å². The molecule has 1 atom stereocenters. The fourth-order valence-electron chi connectivity index (χ4n) is 4.31. The second-order valence-electron chi connectivity index (χ2n) is 10.2. The summed E-state index contributed by atoms with van der Waals surface area (Å²) < 4.78 is 7.66. The first kappa shape index (κ1) is 24.2. The molecule has 1 amide bonds. The number of anilines is 1. The van der Waals surface area contributed by atoms with Gasteiger partial charge in [-0.3, -0.25) is 9.48 Å². The number of hydrogen-bond donors (Lipinski definition) is 1. The monoisotopic (exact) mass is 509 g/mol. The van der Waals surface area contributed by atoms with Gasteiger partial charge in [0.05, 0.1) is 18.8 Å². The minimum Gasteiger partial charge on any atom is -0.422 e. The third-order valence-corrected chi connectivity index (χ3v) is 6.25. The molecule has 0 aliphatic carbocycles. The molecule has 1 saturated heterocycles. The maximum Gasteiger partial charge on any atom is 0.300 e. The number of rotatable bonds is 5. The molecule has 1 N–H and O–H groups in total. The fraction of sp³-hybridized carbons (Fsp3) is 0.400. The van der Waals surface area contributed by atoms with Gasteiger partial charge in [0.25, 0.3) is 11.9 Å². The van der Waals surface area contributed by atoms with Gasteiger partial charge < -0.3 is 19.3 Å². The van der Waals surface area contributed by atoms with E-state index in [-0.39, 0.29) is 24.0 Å². The van der Waals surface area contributed by atoms with Crippen LogP contribution in [0.1, 0.15) is 31.1 Å². The number of fused-ring (bicyclic) bond motifs is 1. The van der Waals surface area contributed by atoms with Crippen molar-refractivity contribution in [2.45, 2.75) is 33.4 Å². The SMILES string of the molecule is CC(C)(C)Cn1cc(-c2ccc(C(=O)N3CCN(c4nc5nc(Cl)ccc5o4)C(CO)C3)cc2)nn1. The molecule has 1 aliphatic heterocycles. The number of benzene rings is 1. The topological polar surface area (TPSA) is 113 Å². The summed E-state index contributed by atoms with van der Waals surface area (Å²) in [5, 5.41) is 18.9. The lowest BCUT2D eigenvalue weighted by molar-refractivity contribution is 0.0695. The second kappa shape index (κ2) is 9.51. The molecule has 4 aromatic rings. The van der Waals surface area contributed by atoms with Crippen LogP contribution in [0.4, 0.5) is 6.01 Å². The van der Waals surface area contributed by atoms with E-state index in [9.17, 15) is 9.90 Å². The van der Waals surface area contributed by atoms with Gasteiger partial charge in [0, 0.05) is 37.3 Å². The smallest absolute Gasteiger partial charge is 0.300 e. The Hall–Kier alpha value is -3.50. The number of aliphatic hydroxyl groups is 1. The molecule has 0 saturated carbocycles. The zero-order chi connectivity index (χ0) is 25.4. The van der Waals surface area contributed by atoms with Crippen LogP contribution in [-0.4, -0.2) is 73.2 Å². The van der Waals surface area contributed by atoms with Gasteiger partial charge in [0.1, 0.15) is 10.8 Å². The predicted molar refractivity (Wildman–Crippen MR) is 136 cm³/mol. The first-order chi connectivity index (χ1) is 17.2. The Morgan fingerprint density at radius 3 is 2.64 bits per heavy atom. The molecule has 1 fully saturated rings. The van der Waals surface area contributed by atoms with Crippen LogP contribution in [0.3, 0.4) is 0 Å². The van der Waals surface area contributed by atoms with E-state index < -0.39 is 0 Å². The number of carbonyl (C=O) groups is 1. The molecule has 3 aromatic heterocycles.